The number of nitrogens with zero attached hydrogens (tertiary/aromatic N) is 2. The maximum atomic E-state index is 13.2. The summed E-state index contributed by atoms with van der Waals surface area (Å²) in [5.41, 5.74) is 2.04. The van der Waals surface area contributed by atoms with Gasteiger partial charge < -0.3 is 4.57 Å². The van der Waals surface area contributed by atoms with Crippen molar-refractivity contribution in [2.24, 2.45) is 0 Å². The van der Waals surface area contributed by atoms with E-state index in [2.05, 4.69) is 43.4 Å². The molecule has 0 unspecified atom stereocenters. The van der Waals surface area contributed by atoms with Gasteiger partial charge in [0.25, 0.3) is 0 Å². The minimum absolute atomic E-state index is 0.268. The molecule has 3 heteroatoms. The van der Waals surface area contributed by atoms with Gasteiger partial charge in [0.15, 0.2) is 0 Å². The maximum absolute atomic E-state index is 13.2. The Morgan fingerprint density at radius 1 is 1.25 bits per heavy atom. The number of rotatable bonds is 2. The summed E-state index contributed by atoms with van der Waals surface area (Å²) in [6.45, 7) is 8.44. The smallest absolute Gasteiger partial charge is 0.142 e. The van der Waals surface area contributed by atoms with Gasteiger partial charge in [-0.05, 0) is 31.4 Å². The van der Waals surface area contributed by atoms with Crippen molar-refractivity contribution in [1.29, 1.82) is 0 Å². The average Bonchev–Trinajstić information content (AvgIpc) is 2.56. The van der Waals surface area contributed by atoms with Gasteiger partial charge in [0, 0.05) is 17.6 Å². The van der Waals surface area contributed by atoms with Crippen molar-refractivity contribution in [1.82, 2.24) is 9.55 Å². The number of hydrogen-bond donors (Lipinski definition) is 0. The van der Waals surface area contributed by atoms with E-state index in [9.17, 15) is 4.39 Å². The van der Waals surface area contributed by atoms with E-state index >= 15 is 0 Å². The van der Waals surface area contributed by atoms with Crippen LogP contribution in [0.4, 0.5) is 4.39 Å². The molecule has 0 fully saturated rings. The lowest BCUT2D eigenvalue weighted by molar-refractivity contribution is 0.607. The molecular weight excluding hydrogens is 203 g/mol. The molecule has 0 aromatic carbocycles. The highest BCUT2D eigenvalue weighted by atomic mass is 19.1. The zero-order valence-electron chi connectivity index (χ0n) is 10.2. The number of halogens is 1. The third-order valence-corrected chi connectivity index (χ3v) is 2.85. The molecule has 0 aliphatic carbocycles. The van der Waals surface area contributed by atoms with Crippen molar-refractivity contribution >= 4 is 11.0 Å². The van der Waals surface area contributed by atoms with E-state index in [0.29, 0.717) is 12.0 Å². The summed E-state index contributed by atoms with van der Waals surface area (Å²) in [6.07, 6.45) is 3.37. The maximum Gasteiger partial charge on any atom is 0.142 e. The molecular formula is C13H17FN2. The highest BCUT2D eigenvalue weighted by Crippen LogP contribution is 2.28. The van der Waals surface area contributed by atoms with Crippen LogP contribution in [0, 0.1) is 5.82 Å². The molecule has 0 radical (unpaired) electrons. The predicted octanol–water partition coefficient (Wildman–Crippen LogP) is 3.88. The van der Waals surface area contributed by atoms with Crippen LogP contribution in [0.1, 0.15) is 45.2 Å². The van der Waals surface area contributed by atoms with Gasteiger partial charge in [-0.3, -0.25) is 0 Å². The standard InChI is InChI=1S/C13H17FN2/c1-8(2)12-7-16(9(3)4)13-11(12)5-10(14)6-15-13/h5-9H,1-4H3. The first kappa shape index (κ1) is 11.1. The predicted molar refractivity (Wildman–Crippen MR) is 64.2 cm³/mol. The second-order valence-electron chi connectivity index (χ2n) is 4.76. The summed E-state index contributed by atoms with van der Waals surface area (Å²) in [7, 11) is 0. The summed E-state index contributed by atoms with van der Waals surface area (Å²) in [4.78, 5) is 4.19. The summed E-state index contributed by atoms with van der Waals surface area (Å²) in [6, 6.07) is 1.92. The lowest BCUT2D eigenvalue weighted by Gasteiger charge is -2.07. The Bertz CT molecular complexity index is 512. The molecule has 2 aromatic heterocycles. The molecule has 2 rings (SSSR count). The van der Waals surface area contributed by atoms with Crippen LogP contribution in [0.3, 0.4) is 0 Å². The molecule has 0 bridgehead atoms. The van der Waals surface area contributed by atoms with Crippen molar-refractivity contribution in [2.45, 2.75) is 39.7 Å². The van der Waals surface area contributed by atoms with Crippen LogP contribution < -0.4 is 0 Å². The molecule has 2 heterocycles. The van der Waals surface area contributed by atoms with E-state index in [0.717, 1.165) is 16.6 Å². The fourth-order valence-electron chi connectivity index (χ4n) is 1.98. The molecule has 16 heavy (non-hydrogen) atoms. The minimum Gasteiger partial charge on any atom is -0.330 e. The van der Waals surface area contributed by atoms with Gasteiger partial charge in [-0.2, -0.15) is 0 Å². The fraction of sp³-hybridized carbons (Fsp3) is 0.462. The molecule has 0 saturated carbocycles. The Kier molecular flexibility index (Phi) is 2.70. The van der Waals surface area contributed by atoms with Gasteiger partial charge in [0.2, 0.25) is 0 Å². The van der Waals surface area contributed by atoms with E-state index in [4.69, 9.17) is 0 Å². The normalized spacial score (nSPS) is 11.9. The zero-order valence-corrected chi connectivity index (χ0v) is 10.2. The Labute approximate surface area is 95.1 Å². The van der Waals surface area contributed by atoms with E-state index in [-0.39, 0.29) is 5.82 Å². The van der Waals surface area contributed by atoms with Gasteiger partial charge in [-0.15, -0.1) is 0 Å². The van der Waals surface area contributed by atoms with Crippen molar-refractivity contribution in [2.75, 3.05) is 0 Å². The Morgan fingerprint density at radius 3 is 2.50 bits per heavy atom. The van der Waals surface area contributed by atoms with Gasteiger partial charge in [-0.25, -0.2) is 9.37 Å². The zero-order chi connectivity index (χ0) is 11.9. The molecule has 0 aliphatic heterocycles. The number of hydrogen-bond acceptors (Lipinski definition) is 1. The summed E-state index contributed by atoms with van der Waals surface area (Å²) in [5.74, 6) is 0.113. The molecule has 0 amide bonds. The second kappa shape index (κ2) is 3.89. The number of pyridine rings is 1. The van der Waals surface area contributed by atoms with Crippen LogP contribution in [-0.2, 0) is 0 Å². The lowest BCUT2D eigenvalue weighted by atomic mass is 10.0. The van der Waals surface area contributed by atoms with Gasteiger partial charge in [0.05, 0.1) is 6.20 Å². The molecule has 2 aromatic rings. The largest absolute Gasteiger partial charge is 0.330 e. The Morgan fingerprint density at radius 2 is 1.94 bits per heavy atom. The van der Waals surface area contributed by atoms with Crippen LogP contribution in [0.15, 0.2) is 18.5 Å². The molecule has 0 spiro atoms. The van der Waals surface area contributed by atoms with Gasteiger partial charge >= 0.3 is 0 Å². The molecule has 0 saturated heterocycles. The van der Waals surface area contributed by atoms with E-state index in [1.165, 1.54) is 6.20 Å². The van der Waals surface area contributed by atoms with Crippen LogP contribution in [0.5, 0.6) is 0 Å². The third-order valence-electron chi connectivity index (χ3n) is 2.85. The molecule has 0 N–H and O–H groups in total. The highest BCUT2D eigenvalue weighted by molar-refractivity contribution is 5.81. The SMILES string of the molecule is CC(C)c1cn(C(C)C)c2ncc(F)cc12. The van der Waals surface area contributed by atoms with Crippen molar-refractivity contribution in [3.63, 3.8) is 0 Å². The fourth-order valence-corrected chi connectivity index (χ4v) is 1.98. The number of fused-ring (bicyclic) bond motifs is 1. The monoisotopic (exact) mass is 220 g/mol. The molecule has 0 atom stereocenters. The Balaban J connectivity index is 2.76. The molecule has 2 nitrogen and oxygen atoms in total. The van der Waals surface area contributed by atoms with Crippen LogP contribution in [0.25, 0.3) is 11.0 Å². The highest BCUT2D eigenvalue weighted by Gasteiger charge is 2.14. The first-order chi connectivity index (χ1) is 7.50. The van der Waals surface area contributed by atoms with E-state index < -0.39 is 0 Å². The molecule has 86 valence electrons. The Hall–Kier alpha value is -1.38. The molecule has 0 aliphatic rings. The van der Waals surface area contributed by atoms with E-state index in [1.54, 1.807) is 6.07 Å². The lowest BCUT2D eigenvalue weighted by Crippen LogP contribution is -1.99. The number of aromatic nitrogens is 2. The average molecular weight is 220 g/mol. The van der Waals surface area contributed by atoms with Gasteiger partial charge in [-0.1, -0.05) is 13.8 Å². The third kappa shape index (κ3) is 1.70. The summed E-state index contributed by atoms with van der Waals surface area (Å²) < 4.78 is 15.3. The van der Waals surface area contributed by atoms with Crippen molar-refractivity contribution in [3.8, 4) is 0 Å². The van der Waals surface area contributed by atoms with Crippen LogP contribution in [-0.4, -0.2) is 9.55 Å². The quantitative estimate of drug-likeness (QED) is 0.751. The van der Waals surface area contributed by atoms with Crippen molar-refractivity contribution in [3.05, 3.63) is 29.8 Å². The van der Waals surface area contributed by atoms with Crippen LogP contribution in [0.2, 0.25) is 0 Å². The first-order valence-electron chi connectivity index (χ1n) is 5.66. The summed E-state index contributed by atoms with van der Waals surface area (Å²) in [5, 5.41) is 0.934. The topological polar surface area (TPSA) is 17.8 Å². The summed E-state index contributed by atoms with van der Waals surface area (Å²) >= 11 is 0. The second-order valence-corrected chi connectivity index (χ2v) is 4.76. The minimum atomic E-state index is -0.268. The first-order valence-corrected chi connectivity index (χ1v) is 5.66. The van der Waals surface area contributed by atoms with Crippen molar-refractivity contribution < 1.29 is 4.39 Å². The van der Waals surface area contributed by atoms with E-state index in [1.807, 2.05) is 0 Å². The van der Waals surface area contributed by atoms with Crippen LogP contribution >= 0.6 is 0 Å². The van der Waals surface area contributed by atoms with Gasteiger partial charge in [0.1, 0.15) is 11.5 Å².